The van der Waals surface area contributed by atoms with Crippen LogP contribution in [0.1, 0.15) is 27.0 Å². The highest BCUT2D eigenvalue weighted by molar-refractivity contribution is 7.99. The van der Waals surface area contributed by atoms with Gasteiger partial charge in [-0.2, -0.15) is 0 Å². The zero-order chi connectivity index (χ0) is 28.2. The summed E-state index contributed by atoms with van der Waals surface area (Å²) in [7, 11) is 5.74. The Balaban J connectivity index is 1.22. The number of hydrogen-bond donors (Lipinski definition) is 0. The fraction of sp³-hybridized carbons (Fsp3) is 0.250. The lowest BCUT2D eigenvalue weighted by Gasteiger charge is -2.10. The molecule has 0 saturated heterocycles. The van der Waals surface area contributed by atoms with Gasteiger partial charge in [-0.25, -0.2) is 14.6 Å². The topological polar surface area (TPSA) is 112 Å². The number of tetrazole rings is 1. The molecule has 3 aromatic heterocycles. The summed E-state index contributed by atoms with van der Waals surface area (Å²) in [5.74, 6) is 0.515. The standard InChI is InChI=1S/C28H28N8O2S2/c1-18-6-5-7-22-24(18)26(38)35(4)27(30-22)39-17-19-8-10-20(11-9-19)25(37)21-12-13-23(29-16-21)40-28-31-32-33-36(28)15-14-34(2)3/h5-13,16H,14-15,17H2,1-4H3. The molecule has 0 aliphatic heterocycles. The van der Waals surface area contributed by atoms with Gasteiger partial charge in [0.25, 0.3) is 5.56 Å². The maximum Gasteiger partial charge on any atom is 0.262 e. The average Bonchev–Trinajstić information content (AvgIpc) is 3.40. The quantitative estimate of drug-likeness (QED) is 0.139. The van der Waals surface area contributed by atoms with E-state index in [4.69, 9.17) is 4.98 Å². The van der Waals surface area contributed by atoms with Crippen molar-refractivity contribution in [3.63, 3.8) is 0 Å². The Morgan fingerprint density at radius 2 is 1.77 bits per heavy atom. The number of likely N-dealkylation sites (N-methyl/N-ethyl adjacent to an activating group) is 1. The highest BCUT2D eigenvalue weighted by Gasteiger charge is 2.14. The Morgan fingerprint density at radius 1 is 1.00 bits per heavy atom. The van der Waals surface area contributed by atoms with Gasteiger partial charge in [0.15, 0.2) is 10.9 Å². The average molecular weight is 573 g/mol. The van der Waals surface area contributed by atoms with Gasteiger partial charge in [-0.05, 0) is 72.5 Å². The van der Waals surface area contributed by atoms with Gasteiger partial charge in [-0.1, -0.05) is 48.2 Å². The van der Waals surface area contributed by atoms with Crippen LogP contribution in [0.2, 0.25) is 0 Å². The molecule has 0 aliphatic rings. The highest BCUT2D eigenvalue weighted by Crippen LogP contribution is 2.25. The molecule has 0 atom stereocenters. The van der Waals surface area contributed by atoms with Crippen LogP contribution >= 0.6 is 23.5 Å². The molecule has 3 heterocycles. The summed E-state index contributed by atoms with van der Waals surface area (Å²) < 4.78 is 3.33. The number of benzene rings is 2. The number of hydrogen-bond acceptors (Lipinski definition) is 10. The molecular formula is C28H28N8O2S2. The van der Waals surface area contributed by atoms with Gasteiger partial charge < -0.3 is 4.90 Å². The summed E-state index contributed by atoms with van der Waals surface area (Å²) in [5.41, 5.74) is 3.68. The number of nitrogens with zero attached hydrogens (tertiary/aromatic N) is 8. The summed E-state index contributed by atoms with van der Waals surface area (Å²) in [5, 5.41) is 14.5. The molecule has 0 aliphatic carbocycles. The molecule has 0 spiro atoms. The van der Waals surface area contributed by atoms with Gasteiger partial charge in [-0.3, -0.25) is 14.2 Å². The number of carbonyl (C=O) groups excluding carboxylic acids is 1. The van der Waals surface area contributed by atoms with Gasteiger partial charge >= 0.3 is 0 Å². The van der Waals surface area contributed by atoms with Crippen molar-refractivity contribution < 1.29 is 4.79 Å². The summed E-state index contributed by atoms with van der Waals surface area (Å²) in [6.45, 7) is 3.41. The number of aryl methyl sites for hydroxylation is 1. The predicted octanol–water partition coefficient (Wildman–Crippen LogP) is 3.86. The summed E-state index contributed by atoms with van der Waals surface area (Å²) in [6.07, 6.45) is 1.58. The Labute approximate surface area is 239 Å². The normalized spacial score (nSPS) is 11.4. The fourth-order valence-corrected chi connectivity index (χ4v) is 5.69. The van der Waals surface area contributed by atoms with Crippen LogP contribution in [0.25, 0.3) is 10.9 Å². The number of thioether (sulfide) groups is 1. The van der Waals surface area contributed by atoms with Gasteiger partial charge in [-0.15, -0.1) is 5.10 Å². The van der Waals surface area contributed by atoms with Crippen LogP contribution in [0, 0.1) is 6.92 Å². The first-order valence-corrected chi connectivity index (χ1v) is 14.4. The summed E-state index contributed by atoms with van der Waals surface area (Å²) >= 11 is 2.84. The van der Waals surface area contributed by atoms with Crippen LogP contribution in [0.4, 0.5) is 0 Å². The van der Waals surface area contributed by atoms with Crippen LogP contribution in [-0.4, -0.2) is 66.1 Å². The minimum absolute atomic E-state index is 0.0487. The number of rotatable bonds is 10. The van der Waals surface area contributed by atoms with E-state index in [9.17, 15) is 9.59 Å². The number of aromatic nitrogens is 7. The minimum atomic E-state index is -0.104. The molecule has 0 bridgehead atoms. The van der Waals surface area contributed by atoms with Crippen LogP contribution in [0.3, 0.4) is 0 Å². The monoisotopic (exact) mass is 572 g/mol. The van der Waals surface area contributed by atoms with Crippen molar-refractivity contribution in [2.75, 3.05) is 20.6 Å². The lowest BCUT2D eigenvalue weighted by molar-refractivity contribution is 0.103. The van der Waals surface area contributed by atoms with Crippen molar-refractivity contribution in [1.82, 2.24) is 39.6 Å². The van der Waals surface area contributed by atoms with Gasteiger partial charge in [0.1, 0.15) is 5.03 Å². The molecule has 0 amide bonds. The van der Waals surface area contributed by atoms with E-state index in [0.29, 0.717) is 49.7 Å². The maximum absolute atomic E-state index is 13.1. The zero-order valence-electron chi connectivity index (χ0n) is 22.6. The maximum atomic E-state index is 13.1. The molecule has 0 fully saturated rings. The molecule has 0 unspecified atom stereocenters. The van der Waals surface area contributed by atoms with Crippen molar-refractivity contribution in [2.24, 2.45) is 7.05 Å². The number of pyridine rings is 1. The van der Waals surface area contributed by atoms with Crippen LogP contribution < -0.4 is 5.56 Å². The molecule has 10 nitrogen and oxygen atoms in total. The minimum Gasteiger partial charge on any atom is -0.308 e. The first-order chi connectivity index (χ1) is 19.3. The second-order valence-electron chi connectivity index (χ2n) is 9.52. The smallest absolute Gasteiger partial charge is 0.262 e. The Kier molecular flexibility index (Phi) is 8.38. The van der Waals surface area contributed by atoms with Crippen molar-refractivity contribution in [3.8, 4) is 0 Å². The number of ketones is 1. The van der Waals surface area contributed by atoms with Crippen LogP contribution in [0.5, 0.6) is 0 Å². The molecule has 0 saturated carbocycles. The van der Waals surface area contributed by atoms with E-state index >= 15 is 0 Å². The largest absolute Gasteiger partial charge is 0.308 e. The van der Waals surface area contributed by atoms with E-state index < -0.39 is 0 Å². The van der Waals surface area contributed by atoms with Crippen molar-refractivity contribution in [3.05, 3.63) is 93.4 Å². The highest BCUT2D eigenvalue weighted by atomic mass is 32.2. The van der Waals surface area contributed by atoms with Crippen molar-refractivity contribution >= 4 is 40.2 Å². The zero-order valence-corrected chi connectivity index (χ0v) is 24.2. The van der Waals surface area contributed by atoms with Gasteiger partial charge in [0, 0.05) is 36.7 Å². The summed E-state index contributed by atoms with van der Waals surface area (Å²) in [4.78, 5) is 37.1. The molecular weight excluding hydrogens is 544 g/mol. The van der Waals surface area contributed by atoms with E-state index in [1.165, 1.54) is 23.5 Å². The Morgan fingerprint density at radius 3 is 2.50 bits per heavy atom. The Hall–Kier alpha value is -3.87. The molecule has 2 aromatic carbocycles. The lowest BCUT2D eigenvalue weighted by atomic mass is 10.0. The van der Waals surface area contributed by atoms with E-state index in [0.717, 1.165) is 17.7 Å². The second-order valence-corrected chi connectivity index (χ2v) is 11.4. The lowest BCUT2D eigenvalue weighted by Crippen LogP contribution is -2.20. The molecule has 5 aromatic rings. The van der Waals surface area contributed by atoms with E-state index in [-0.39, 0.29) is 11.3 Å². The Bertz CT molecular complexity index is 1710. The molecule has 0 radical (unpaired) electrons. The third-order valence-corrected chi connectivity index (χ3v) is 8.34. The van der Waals surface area contributed by atoms with Crippen molar-refractivity contribution in [2.45, 2.75) is 34.6 Å². The fourth-order valence-electron chi connectivity index (χ4n) is 4.03. The molecule has 204 valence electrons. The SMILES string of the molecule is Cc1cccc2nc(SCc3ccc(C(=O)c4ccc(Sc5nnnn5CCN(C)C)nc4)cc3)n(C)c(=O)c12. The third-order valence-electron chi connectivity index (χ3n) is 6.31. The first-order valence-electron chi connectivity index (χ1n) is 12.6. The van der Waals surface area contributed by atoms with Crippen LogP contribution in [0.15, 0.2) is 80.9 Å². The van der Waals surface area contributed by atoms with Gasteiger partial charge in [0.05, 0.1) is 17.4 Å². The third kappa shape index (κ3) is 6.14. The van der Waals surface area contributed by atoms with Crippen molar-refractivity contribution in [1.29, 1.82) is 0 Å². The molecule has 12 heteroatoms. The van der Waals surface area contributed by atoms with E-state index in [2.05, 4.69) is 25.4 Å². The summed E-state index contributed by atoms with van der Waals surface area (Å²) in [6, 6.07) is 16.7. The first kappa shape index (κ1) is 27.7. The van der Waals surface area contributed by atoms with E-state index in [1.54, 1.807) is 34.6 Å². The second kappa shape index (κ2) is 12.1. The van der Waals surface area contributed by atoms with E-state index in [1.807, 2.05) is 63.5 Å². The number of fused-ring (bicyclic) bond motifs is 1. The predicted molar refractivity (Wildman–Crippen MR) is 156 cm³/mol. The molecule has 40 heavy (non-hydrogen) atoms. The van der Waals surface area contributed by atoms with Crippen LogP contribution in [-0.2, 0) is 19.3 Å². The molecule has 5 rings (SSSR count). The number of carbonyl (C=O) groups is 1. The van der Waals surface area contributed by atoms with Gasteiger partial charge in [0.2, 0.25) is 5.16 Å². The molecule has 0 N–H and O–H groups in total.